The molecule has 0 unspecified atom stereocenters. The summed E-state index contributed by atoms with van der Waals surface area (Å²) in [5.41, 5.74) is 2.68. The first-order valence-electron chi connectivity index (χ1n) is 8.90. The molecule has 0 aliphatic carbocycles. The lowest BCUT2D eigenvalue weighted by atomic mass is 10.1. The molecule has 4 nitrogen and oxygen atoms in total. The number of nitrogens with one attached hydrogen (secondary N) is 1. The normalized spacial score (nSPS) is 11.5. The van der Waals surface area contributed by atoms with Crippen LogP contribution in [0.3, 0.4) is 0 Å². The number of hydrogen-bond donors (Lipinski definition) is 1. The van der Waals surface area contributed by atoms with Gasteiger partial charge in [-0.05, 0) is 48.0 Å². The van der Waals surface area contributed by atoms with Crippen LogP contribution in [0.4, 0.5) is 13.2 Å². The number of benzene rings is 3. The molecule has 31 heavy (non-hydrogen) atoms. The third kappa shape index (κ3) is 6.47. The van der Waals surface area contributed by atoms with E-state index in [-0.39, 0.29) is 17.7 Å². The maximum absolute atomic E-state index is 12.7. The minimum absolute atomic E-state index is 0.175. The summed E-state index contributed by atoms with van der Waals surface area (Å²) in [6, 6.07) is 16.0. The number of halogens is 5. The predicted molar refractivity (Wildman–Crippen MR) is 114 cm³/mol. The van der Waals surface area contributed by atoms with Gasteiger partial charge in [-0.15, -0.1) is 0 Å². The van der Waals surface area contributed by atoms with E-state index in [4.69, 9.17) is 27.9 Å². The fraction of sp³-hybridized carbons (Fsp3) is 0.0909. The van der Waals surface area contributed by atoms with E-state index >= 15 is 0 Å². The molecule has 3 rings (SSSR count). The fourth-order valence-corrected chi connectivity index (χ4v) is 3.02. The quantitative estimate of drug-likeness (QED) is 0.339. The maximum Gasteiger partial charge on any atom is 0.416 e. The molecule has 0 bridgehead atoms. The number of carbonyl (C=O) groups excluding carboxylic acids is 1. The van der Waals surface area contributed by atoms with E-state index < -0.39 is 17.6 Å². The van der Waals surface area contributed by atoms with Gasteiger partial charge in [-0.25, -0.2) is 5.43 Å². The molecular formula is C22H15Cl2F3N2O2. The van der Waals surface area contributed by atoms with Crippen molar-refractivity contribution in [1.82, 2.24) is 5.43 Å². The van der Waals surface area contributed by atoms with Crippen molar-refractivity contribution in [2.75, 3.05) is 0 Å². The second-order valence-electron chi connectivity index (χ2n) is 6.37. The molecule has 0 fully saturated rings. The van der Waals surface area contributed by atoms with Crippen molar-refractivity contribution in [1.29, 1.82) is 0 Å². The molecule has 1 N–H and O–H groups in total. The van der Waals surface area contributed by atoms with Crippen molar-refractivity contribution in [3.8, 4) is 5.75 Å². The lowest BCUT2D eigenvalue weighted by molar-refractivity contribution is -0.137. The average molecular weight is 467 g/mol. The Morgan fingerprint density at radius 2 is 1.81 bits per heavy atom. The number of hydrazone groups is 1. The first-order valence-corrected chi connectivity index (χ1v) is 9.65. The van der Waals surface area contributed by atoms with Crippen molar-refractivity contribution in [3.05, 3.63) is 99.0 Å². The van der Waals surface area contributed by atoms with Crippen LogP contribution in [-0.2, 0) is 12.8 Å². The van der Waals surface area contributed by atoms with Crippen LogP contribution < -0.4 is 10.2 Å². The third-order valence-electron chi connectivity index (χ3n) is 4.10. The number of nitrogens with zero attached hydrogens (tertiary/aromatic N) is 1. The van der Waals surface area contributed by atoms with Gasteiger partial charge in [-0.2, -0.15) is 18.3 Å². The minimum atomic E-state index is -4.45. The maximum atomic E-state index is 12.7. The molecule has 9 heteroatoms. The van der Waals surface area contributed by atoms with Gasteiger partial charge in [0.05, 0.1) is 11.8 Å². The van der Waals surface area contributed by atoms with Crippen LogP contribution in [0.2, 0.25) is 10.0 Å². The standard InChI is InChI=1S/C22H15Cl2F3N2O2/c23-18-8-7-16(20(24)11-18)13-31-19-6-2-4-15(10-19)21(30)29-28-12-14-3-1-5-17(9-14)22(25,26)27/h1-12H,13H2,(H,29,30). The van der Waals surface area contributed by atoms with Gasteiger partial charge in [0.15, 0.2) is 0 Å². The molecule has 0 aliphatic heterocycles. The second kappa shape index (κ2) is 9.85. The van der Waals surface area contributed by atoms with E-state index in [1.807, 2.05) is 0 Å². The van der Waals surface area contributed by atoms with Crippen LogP contribution in [-0.4, -0.2) is 12.1 Å². The highest BCUT2D eigenvalue weighted by atomic mass is 35.5. The first kappa shape index (κ1) is 22.7. The summed E-state index contributed by atoms with van der Waals surface area (Å²) in [5.74, 6) is -0.112. The van der Waals surface area contributed by atoms with Crippen LogP contribution in [0.25, 0.3) is 0 Å². The number of amides is 1. The molecule has 0 saturated carbocycles. The third-order valence-corrected chi connectivity index (χ3v) is 4.69. The minimum Gasteiger partial charge on any atom is -0.489 e. The highest BCUT2D eigenvalue weighted by molar-refractivity contribution is 6.35. The summed E-state index contributed by atoms with van der Waals surface area (Å²) in [5, 5.41) is 4.70. The predicted octanol–water partition coefficient (Wildman–Crippen LogP) is 6.36. The van der Waals surface area contributed by atoms with Gasteiger partial charge < -0.3 is 4.74 Å². The molecule has 0 aromatic heterocycles. The van der Waals surface area contributed by atoms with E-state index in [9.17, 15) is 18.0 Å². The van der Waals surface area contributed by atoms with Crippen LogP contribution in [0.1, 0.15) is 27.0 Å². The van der Waals surface area contributed by atoms with Crippen molar-refractivity contribution in [2.45, 2.75) is 12.8 Å². The lowest BCUT2D eigenvalue weighted by Gasteiger charge is -2.09. The fourth-order valence-electron chi connectivity index (χ4n) is 2.55. The van der Waals surface area contributed by atoms with Crippen molar-refractivity contribution >= 4 is 35.3 Å². The molecule has 0 saturated heterocycles. The lowest BCUT2D eigenvalue weighted by Crippen LogP contribution is -2.17. The number of alkyl halides is 3. The van der Waals surface area contributed by atoms with Gasteiger partial charge >= 0.3 is 6.18 Å². The zero-order chi connectivity index (χ0) is 22.4. The van der Waals surface area contributed by atoms with Crippen LogP contribution in [0.5, 0.6) is 5.75 Å². The molecule has 0 atom stereocenters. The van der Waals surface area contributed by atoms with E-state index in [1.165, 1.54) is 18.2 Å². The van der Waals surface area contributed by atoms with Crippen LogP contribution in [0.15, 0.2) is 71.8 Å². The average Bonchev–Trinajstić information content (AvgIpc) is 2.73. The zero-order valence-electron chi connectivity index (χ0n) is 15.8. The number of rotatable bonds is 6. The Hall–Kier alpha value is -3.03. The molecule has 1 amide bonds. The van der Waals surface area contributed by atoms with E-state index in [0.717, 1.165) is 23.9 Å². The summed E-state index contributed by atoms with van der Waals surface area (Å²) in [6.07, 6.45) is -3.32. The Morgan fingerprint density at radius 3 is 2.55 bits per heavy atom. The SMILES string of the molecule is O=C(NN=Cc1cccc(C(F)(F)F)c1)c1cccc(OCc2ccc(Cl)cc2Cl)c1. The van der Waals surface area contributed by atoms with Gasteiger partial charge in [-0.3, -0.25) is 4.79 Å². The summed E-state index contributed by atoms with van der Waals surface area (Å²) in [7, 11) is 0. The number of ether oxygens (including phenoxy) is 1. The Morgan fingerprint density at radius 1 is 1.03 bits per heavy atom. The summed E-state index contributed by atoms with van der Waals surface area (Å²) >= 11 is 12.0. The zero-order valence-corrected chi connectivity index (χ0v) is 17.3. The topological polar surface area (TPSA) is 50.7 Å². The van der Waals surface area contributed by atoms with Crippen LogP contribution in [0, 0.1) is 0 Å². The van der Waals surface area contributed by atoms with Crippen molar-refractivity contribution in [2.24, 2.45) is 5.10 Å². The second-order valence-corrected chi connectivity index (χ2v) is 7.22. The molecule has 0 spiro atoms. The van der Waals surface area contributed by atoms with Gasteiger partial charge in [-0.1, -0.05) is 47.5 Å². The summed E-state index contributed by atoms with van der Waals surface area (Å²) in [4.78, 5) is 12.3. The number of hydrogen-bond acceptors (Lipinski definition) is 3. The van der Waals surface area contributed by atoms with Gasteiger partial charge in [0.1, 0.15) is 12.4 Å². The Labute approximate surface area is 186 Å². The van der Waals surface area contributed by atoms with Crippen LogP contribution >= 0.6 is 23.2 Å². The Kier molecular flexibility index (Phi) is 7.20. The van der Waals surface area contributed by atoms with Gasteiger partial charge in [0, 0.05) is 21.2 Å². The highest BCUT2D eigenvalue weighted by Crippen LogP contribution is 2.29. The molecule has 0 heterocycles. The number of carbonyl (C=O) groups is 1. The van der Waals surface area contributed by atoms with E-state index in [2.05, 4.69) is 10.5 Å². The molecule has 160 valence electrons. The summed E-state index contributed by atoms with van der Waals surface area (Å²) in [6.45, 7) is 0.175. The van der Waals surface area contributed by atoms with Crippen molar-refractivity contribution in [3.63, 3.8) is 0 Å². The van der Waals surface area contributed by atoms with E-state index in [0.29, 0.717) is 15.8 Å². The molecule has 0 aliphatic rings. The Balaban J connectivity index is 1.61. The molecule has 3 aromatic carbocycles. The molecule has 0 radical (unpaired) electrons. The van der Waals surface area contributed by atoms with Crippen molar-refractivity contribution < 1.29 is 22.7 Å². The first-order chi connectivity index (χ1) is 14.7. The Bertz CT molecular complexity index is 1120. The smallest absolute Gasteiger partial charge is 0.416 e. The monoisotopic (exact) mass is 466 g/mol. The molecular weight excluding hydrogens is 452 g/mol. The highest BCUT2D eigenvalue weighted by Gasteiger charge is 2.30. The summed E-state index contributed by atoms with van der Waals surface area (Å²) < 4.78 is 43.9. The van der Waals surface area contributed by atoms with E-state index in [1.54, 1.807) is 36.4 Å². The molecule has 3 aromatic rings. The largest absolute Gasteiger partial charge is 0.489 e. The van der Waals surface area contributed by atoms with Gasteiger partial charge in [0.25, 0.3) is 5.91 Å². The van der Waals surface area contributed by atoms with Gasteiger partial charge in [0.2, 0.25) is 0 Å².